The van der Waals surface area contributed by atoms with Gasteiger partial charge in [0.15, 0.2) is 0 Å². The summed E-state index contributed by atoms with van der Waals surface area (Å²) in [5, 5.41) is 22.4. The van der Waals surface area contributed by atoms with Crippen molar-refractivity contribution in [2.75, 3.05) is 6.61 Å². The van der Waals surface area contributed by atoms with Crippen molar-refractivity contribution < 1.29 is 69.8 Å². The quantitative estimate of drug-likeness (QED) is 0.212. The molecule has 2 saturated carbocycles. The molecule has 11 unspecified atom stereocenters. The van der Waals surface area contributed by atoms with Gasteiger partial charge in [0.25, 0.3) is 0 Å². The van der Waals surface area contributed by atoms with E-state index in [1.807, 2.05) is 0 Å². The van der Waals surface area contributed by atoms with Crippen LogP contribution in [0.5, 0.6) is 0 Å². The number of allylic oxidation sites excluding steroid dienone is 1. The van der Waals surface area contributed by atoms with E-state index in [1.165, 1.54) is 5.57 Å². The monoisotopic (exact) mass is 719 g/mol. The van der Waals surface area contributed by atoms with Crippen molar-refractivity contribution in [3.63, 3.8) is 0 Å². The Hall–Kier alpha value is 0.982. The van der Waals surface area contributed by atoms with Gasteiger partial charge in [0.05, 0.1) is 18.8 Å². The number of rotatable bonds is 4. The molecule has 0 aromatic heterocycles. The molecule has 205 valence electrons. The first kappa shape index (κ1) is 31.5. The summed E-state index contributed by atoms with van der Waals surface area (Å²) in [5.74, 6) is 1.92. The Morgan fingerprint density at radius 3 is 2.11 bits per heavy atom. The van der Waals surface area contributed by atoms with Gasteiger partial charge < -0.3 is 15.6 Å². The van der Waals surface area contributed by atoms with E-state index in [4.69, 9.17) is 9.62 Å². The van der Waals surface area contributed by atoms with Gasteiger partial charge in [-0.15, -0.1) is 0 Å². The zero-order valence-corrected chi connectivity index (χ0v) is 29.6. The molecule has 4 aliphatic rings. The maximum atomic E-state index is 12.2. The number of fused-ring (bicyclic) bond motifs is 5. The molecule has 2 bridgehead atoms. The van der Waals surface area contributed by atoms with Crippen molar-refractivity contribution in [2.45, 2.75) is 113 Å². The molecular weight excluding hydrogens is 665 g/mol. The van der Waals surface area contributed by atoms with Crippen LogP contribution in [0.25, 0.3) is 0 Å². The van der Waals surface area contributed by atoms with Gasteiger partial charge in [0.2, 0.25) is 0 Å². The molecule has 1 aliphatic heterocycles. The van der Waals surface area contributed by atoms with Crippen molar-refractivity contribution in [3.8, 4) is 0 Å². The third-order valence-corrected chi connectivity index (χ3v) is 13.3. The summed E-state index contributed by atoms with van der Waals surface area (Å²) < 4.78 is 6.01. The van der Waals surface area contributed by atoms with Gasteiger partial charge in [-0.25, -0.2) is 4.89 Å². The largest absolute Gasteiger partial charge is 0.384 e. The molecule has 1 saturated heterocycles. The van der Waals surface area contributed by atoms with E-state index in [9.17, 15) is 10.4 Å². The van der Waals surface area contributed by atoms with E-state index in [0.717, 1.165) is 12.8 Å². The Bertz CT molecular complexity index is 875. The summed E-state index contributed by atoms with van der Waals surface area (Å²) in [6.07, 6.45) is 1.53. The number of ether oxygens (including phenoxy) is 1. The SMILES string of the molecule is CC1=C2C(C)C(C)[C@]3(C)C(C)CC4OCC4(O)C3C(C)C(C)(CC1[C@@H](OO)C(C)C(C)[NH3+])C2(C)C.[Ac]. The van der Waals surface area contributed by atoms with Gasteiger partial charge in [0, 0.05) is 61.8 Å². The average molecular weight is 720 g/mol. The fourth-order valence-corrected chi connectivity index (χ4v) is 9.99. The summed E-state index contributed by atoms with van der Waals surface area (Å²) in [7, 11) is 0. The van der Waals surface area contributed by atoms with Crippen molar-refractivity contribution in [1.29, 1.82) is 0 Å². The fraction of sp³-hybridized carbons (Fsp3) is 0.933. The molecule has 0 aromatic carbocycles. The van der Waals surface area contributed by atoms with Crippen LogP contribution in [0.1, 0.15) is 89.0 Å². The predicted octanol–water partition coefficient (Wildman–Crippen LogP) is 5.19. The molecule has 3 fully saturated rings. The minimum Gasteiger partial charge on any atom is -0.384 e. The predicted molar refractivity (Wildman–Crippen MR) is 139 cm³/mol. The molecule has 0 aromatic rings. The standard InChI is InChI=1S/C30H53NO4.Ac/c1-15-12-23-30(32,14-34-23)26-20(6)28(10)13-22(25(35-33)17(3)21(7)31)18(4)24(27(28,8)9)16(2)19(5)29(15,26)11;/h15-17,19-23,25-26,32-33H,12-14,31H2,1-11H3;/p+1/t15?,16?,17?,19?,20?,21?,22?,23?,25-,26?,28?,29-,30?;/m0./s1. The molecule has 0 amide bonds. The van der Waals surface area contributed by atoms with Crippen LogP contribution < -0.4 is 5.73 Å². The maximum Gasteiger partial charge on any atom is 0.118 e. The topological polar surface area (TPSA) is 86.6 Å². The van der Waals surface area contributed by atoms with Crippen LogP contribution in [0, 0.1) is 102 Å². The number of hydrogen-bond acceptors (Lipinski definition) is 4. The first-order chi connectivity index (χ1) is 16.0. The zero-order valence-electron chi connectivity index (χ0n) is 24.9. The molecule has 5 N–H and O–H groups in total. The Balaban J connectivity index is 0.00000361. The summed E-state index contributed by atoms with van der Waals surface area (Å²) in [5.41, 5.74) is 6.34. The van der Waals surface area contributed by atoms with E-state index < -0.39 is 5.60 Å². The van der Waals surface area contributed by atoms with Gasteiger partial charge in [0.1, 0.15) is 11.7 Å². The van der Waals surface area contributed by atoms with E-state index in [2.05, 4.69) is 81.9 Å². The third-order valence-electron chi connectivity index (χ3n) is 13.3. The number of quaternary nitrogens is 1. The van der Waals surface area contributed by atoms with Crippen molar-refractivity contribution in [1.82, 2.24) is 0 Å². The van der Waals surface area contributed by atoms with Crippen LogP contribution in [0.2, 0.25) is 0 Å². The summed E-state index contributed by atoms with van der Waals surface area (Å²) in [6.45, 7) is 26.5. The summed E-state index contributed by atoms with van der Waals surface area (Å²) >= 11 is 0. The first-order valence-corrected chi connectivity index (χ1v) is 14.2. The molecule has 36 heavy (non-hydrogen) atoms. The molecular formula is C30H54AcNO4+. The van der Waals surface area contributed by atoms with Crippen LogP contribution >= 0.6 is 0 Å². The molecule has 4 rings (SSSR count). The minimum absolute atomic E-state index is 0. The first-order valence-electron chi connectivity index (χ1n) is 14.2. The molecule has 1 heterocycles. The maximum absolute atomic E-state index is 12.2. The van der Waals surface area contributed by atoms with Crippen LogP contribution in [-0.4, -0.2) is 40.8 Å². The van der Waals surface area contributed by atoms with E-state index >= 15 is 0 Å². The zero-order chi connectivity index (χ0) is 26.5. The van der Waals surface area contributed by atoms with E-state index in [1.54, 1.807) is 5.57 Å². The Morgan fingerprint density at radius 1 is 1.06 bits per heavy atom. The summed E-state index contributed by atoms with van der Waals surface area (Å²) in [4.78, 5) is 5.30. The molecule has 1 radical (unpaired) electrons. The Morgan fingerprint density at radius 2 is 1.64 bits per heavy atom. The third kappa shape index (κ3) is 3.96. The normalized spacial score (nSPS) is 50.3. The minimum atomic E-state index is -0.765. The van der Waals surface area contributed by atoms with Crippen molar-refractivity contribution >= 4 is 0 Å². The van der Waals surface area contributed by atoms with Gasteiger partial charge in [-0.3, -0.25) is 5.26 Å². The van der Waals surface area contributed by atoms with Gasteiger partial charge in [-0.2, -0.15) is 0 Å². The summed E-state index contributed by atoms with van der Waals surface area (Å²) in [6, 6.07) is 0.169. The molecule has 13 atom stereocenters. The second kappa shape index (κ2) is 10.1. The number of aliphatic hydroxyl groups is 1. The average Bonchev–Trinajstić information content (AvgIpc) is 2.77. The smallest absolute Gasteiger partial charge is 0.118 e. The second-order valence-corrected chi connectivity index (χ2v) is 14.5. The molecule has 0 spiro atoms. The molecule has 3 aliphatic carbocycles. The van der Waals surface area contributed by atoms with Crippen LogP contribution in [0.15, 0.2) is 11.1 Å². The van der Waals surface area contributed by atoms with Gasteiger partial charge in [-0.1, -0.05) is 73.5 Å². The molecule has 5 nitrogen and oxygen atoms in total. The van der Waals surface area contributed by atoms with Gasteiger partial charge >= 0.3 is 0 Å². The number of hydrogen-bond donors (Lipinski definition) is 3. The Kier molecular flexibility index (Phi) is 8.85. The van der Waals surface area contributed by atoms with Crippen LogP contribution in [-0.2, 0) is 9.62 Å². The van der Waals surface area contributed by atoms with Crippen LogP contribution in [0.4, 0.5) is 0 Å². The van der Waals surface area contributed by atoms with Crippen molar-refractivity contribution in [2.24, 2.45) is 57.7 Å². The van der Waals surface area contributed by atoms with Crippen LogP contribution in [0.3, 0.4) is 0 Å². The Labute approximate surface area is 256 Å². The van der Waals surface area contributed by atoms with Gasteiger partial charge in [-0.05, 0) is 66.6 Å². The van der Waals surface area contributed by atoms with E-state index in [-0.39, 0.29) is 102 Å². The molecule has 6 heteroatoms. The second-order valence-electron chi connectivity index (χ2n) is 14.5. The van der Waals surface area contributed by atoms with E-state index in [0.29, 0.717) is 24.4 Å². The fourth-order valence-electron chi connectivity index (χ4n) is 9.99. The van der Waals surface area contributed by atoms with Crippen molar-refractivity contribution in [3.05, 3.63) is 11.1 Å².